The van der Waals surface area contributed by atoms with Gasteiger partial charge in [-0.05, 0) is 38.0 Å². The van der Waals surface area contributed by atoms with Crippen molar-refractivity contribution in [1.82, 2.24) is 15.1 Å². The molecule has 0 aromatic heterocycles. The first-order valence-electron chi connectivity index (χ1n) is 7.97. The fourth-order valence-corrected chi connectivity index (χ4v) is 2.90. The van der Waals surface area contributed by atoms with Crippen molar-refractivity contribution in [1.29, 1.82) is 0 Å². The molecule has 1 N–H and O–H groups in total. The first-order valence-corrected chi connectivity index (χ1v) is 7.97. The van der Waals surface area contributed by atoms with Gasteiger partial charge in [0.15, 0.2) is 0 Å². The zero-order valence-corrected chi connectivity index (χ0v) is 12.6. The van der Waals surface area contributed by atoms with E-state index in [2.05, 4.69) is 12.2 Å². The fourth-order valence-electron chi connectivity index (χ4n) is 2.90. The lowest BCUT2D eigenvalue weighted by atomic mass is 10.00. The van der Waals surface area contributed by atoms with Crippen LogP contribution in [0.4, 0.5) is 4.79 Å². The minimum absolute atomic E-state index is 0.0108. The number of likely N-dealkylation sites (tertiary alicyclic amines) is 2. The first-order chi connectivity index (χ1) is 9.66. The van der Waals surface area contributed by atoms with Gasteiger partial charge in [0.05, 0.1) is 0 Å². The number of rotatable bonds is 3. The highest BCUT2D eigenvalue weighted by Gasteiger charge is 2.20. The molecule has 0 aliphatic carbocycles. The summed E-state index contributed by atoms with van der Waals surface area (Å²) in [6.45, 7) is 6.14. The number of amides is 3. The molecule has 0 bridgehead atoms. The van der Waals surface area contributed by atoms with Crippen molar-refractivity contribution in [2.75, 3.05) is 32.7 Å². The Kier molecular flexibility index (Phi) is 5.68. The number of hydrogen-bond donors (Lipinski definition) is 1. The second kappa shape index (κ2) is 7.50. The average molecular weight is 281 g/mol. The van der Waals surface area contributed by atoms with Gasteiger partial charge in [-0.1, -0.05) is 6.92 Å². The summed E-state index contributed by atoms with van der Waals surface area (Å²) in [7, 11) is 0. The van der Waals surface area contributed by atoms with Gasteiger partial charge in [0.25, 0.3) is 0 Å². The molecule has 114 valence electrons. The van der Waals surface area contributed by atoms with Crippen LogP contribution < -0.4 is 5.32 Å². The fraction of sp³-hybridized carbons (Fsp3) is 0.867. The van der Waals surface area contributed by atoms with E-state index in [0.717, 1.165) is 57.8 Å². The molecule has 2 rings (SSSR count). The Morgan fingerprint density at radius 1 is 1.00 bits per heavy atom. The highest BCUT2D eigenvalue weighted by atomic mass is 16.2. The SMILES string of the molecule is CC1CCN(C(=O)NCCC(=O)N2CCCCC2)CC1. The van der Waals surface area contributed by atoms with Crippen molar-refractivity contribution in [2.45, 2.75) is 45.4 Å². The summed E-state index contributed by atoms with van der Waals surface area (Å²) in [6, 6.07) is -0.0108. The van der Waals surface area contributed by atoms with E-state index in [1.54, 1.807) is 0 Å². The van der Waals surface area contributed by atoms with Crippen LogP contribution in [0.3, 0.4) is 0 Å². The molecular weight excluding hydrogens is 254 g/mol. The molecule has 2 aliphatic heterocycles. The zero-order chi connectivity index (χ0) is 14.4. The second-order valence-corrected chi connectivity index (χ2v) is 6.09. The largest absolute Gasteiger partial charge is 0.343 e. The Morgan fingerprint density at radius 2 is 1.65 bits per heavy atom. The van der Waals surface area contributed by atoms with Crippen LogP contribution in [0.15, 0.2) is 0 Å². The Balaban J connectivity index is 1.62. The van der Waals surface area contributed by atoms with Gasteiger partial charge in [-0.15, -0.1) is 0 Å². The van der Waals surface area contributed by atoms with E-state index in [-0.39, 0.29) is 11.9 Å². The highest BCUT2D eigenvalue weighted by Crippen LogP contribution is 2.15. The second-order valence-electron chi connectivity index (χ2n) is 6.09. The quantitative estimate of drug-likeness (QED) is 0.858. The standard InChI is InChI=1S/C15H27N3O2/c1-13-6-11-18(12-7-13)15(20)16-8-5-14(19)17-9-3-2-4-10-17/h13H,2-12H2,1H3,(H,16,20). The number of piperidine rings is 2. The molecule has 5 nitrogen and oxygen atoms in total. The summed E-state index contributed by atoms with van der Waals surface area (Å²) in [5, 5.41) is 2.88. The monoisotopic (exact) mass is 281 g/mol. The van der Waals surface area contributed by atoms with E-state index in [0.29, 0.717) is 13.0 Å². The third-order valence-corrected chi connectivity index (χ3v) is 4.39. The molecule has 0 aromatic carbocycles. The molecule has 2 aliphatic rings. The van der Waals surface area contributed by atoms with E-state index in [1.165, 1.54) is 6.42 Å². The minimum atomic E-state index is -0.0108. The van der Waals surface area contributed by atoms with Gasteiger partial charge in [0.2, 0.25) is 5.91 Å². The highest BCUT2D eigenvalue weighted by molar-refractivity contribution is 5.78. The average Bonchev–Trinajstić information content (AvgIpc) is 2.48. The summed E-state index contributed by atoms with van der Waals surface area (Å²) in [5.41, 5.74) is 0. The molecule has 3 amide bonds. The zero-order valence-electron chi connectivity index (χ0n) is 12.6. The number of urea groups is 1. The molecule has 20 heavy (non-hydrogen) atoms. The summed E-state index contributed by atoms with van der Waals surface area (Å²) < 4.78 is 0. The third kappa shape index (κ3) is 4.39. The summed E-state index contributed by atoms with van der Waals surface area (Å²) in [5.74, 6) is 0.900. The number of carbonyl (C=O) groups excluding carboxylic acids is 2. The maximum absolute atomic E-state index is 12.0. The van der Waals surface area contributed by atoms with Gasteiger partial charge >= 0.3 is 6.03 Å². The van der Waals surface area contributed by atoms with E-state index in [4.69, 9.17) is 0 Å². The molecule has 2 heterocycles. The number of carbonyl (C=O) groups is 2. The van der Waals surface area contributed by atoms with Gasteiger partial charge in [-0.2, -0.15) is 0 Å². The predicted octanol–water partition coefficient (Wildman–Crippen LogP) is 1.83. The van der Waals surface area contributed by atoms with Gasteiger partial charge in [-0.25, -0.2) is 4.79 Å². The van der Waals surface area contributed by atoms with Gasteiger partial charge in [0, 0.05) is 39.1 Å². The van der Waals surface area contributed by atoms with Crippen LogP contribution >= 0.6 is 0 Å². The summed E-state index contributed by atoms with van der Waals surface area (Å²) >= 11 is 0. The van der Waals surface area contributed by atoms with Crippen molar-refractivity contribution in [3.63, 3.8) is 0 Å². The van der Waals surface area contributed by atoms with Crippen LogP contribution in [0, 0.1) is 5.92 Å². The molecular formula is C15H27N3O2. The van der Waals surface area contributed by atoms with Gasteiger partial charge < -0.3 is 15.1 Å². The minimum Gasteiger partial charge on any atom is -0.343 e. The van der Waals surface area contributed by atoms with E-state index < -0.39 is 0 Å². The number of hydrogen-bond acceptors (Lipinski definition) is 2. The Hall–Kier alpha value is -1.26. The topological polar surface area (TPSA) is 52.7 Å². The van der Waals surface area contributed by atoms with E-state index >= 15 is 0 Å². The lowest BCUT2D eigenvalue weighted by Crippen LogP contribution is -2.45. The van der Waals surface area contributed by atoms with Crippen molar-refractivity contribution in [3.8, 4) is 0 Å². The van der Waals surface area contributed by atoms with E-state index in [9.17, 15) is 9.59 Å². The van der Waals surface area contributed by atoms with Crippen LogP contribution in [0.5, 0.6) is 0 Å². The maximum Gasteiger partial charge on any atom is 0.317 e. The Labute approximate surface area is 121 Å². The molecule has 0 radical (unpaired) electrons. The lowest BCUT2D eigenvalue weighted by molar-refractivity contribution is -0.131. The third-order valence-electron chi connectivity index (χ3n) is 4.39. The summed E-state index contributed by atoms with van der Waals surface area (Å²) in [6.07, 6.45) is 6.05. The smallest absolute Gasteiger partial charge is 0.317 e. The predicted molar refractivity (Wildman–Crippen MR) is 78.4 cm³/mol. The molecule has 5 heteroatoms. The van der Waals surface area contributed by atoms with Crippen LogP contribution in [0.1, 0.15) is 45.4 Å². The normalized spacial score (nSPS) is 20.9. The van der Waals surface area contributed by atoms with Crippen molar-refractivity contribution >= 4 is 11.9 Å². The van der Waals surface area contributed by atoms with Gasteiger partial charge in [-0.3, -0.25) is 4.79 Å². The van der Waals surface area contributed by atoms with Crippen LogP contribution in [0.25, 0.3) is 0 Å². The van der Waals surface area contributed by atoms with Crippen molar-refractivity contribution in [2.24, 2.45) is 5.92 Å². The Morgan fingerprint density at radius 3 is 2.30 bits per heavy atom. The van der Waals surface area contributed by atoms with Gasteiger partial charge in [0.1, 0.15) is 0 Å². The number of nitrogens with one attached hydrogen (secondary N) is 1. The van der Waals surface area contributed by atoms with Crippen molar-refractivity contribution < 1.29 is 9.59 Å². The summed E-state index contributed by atoms with van der Waals surface area (Å²) in [4.78, 5) is 27.7. The molecule has 0 saturated carbocycles. The van der Waals surface area contributed by atoms with Crippen molar-refractivity contribution in [3.05, 3.63) is 0 Å². The van der Waals surface area contributed by atoms with Crippen LogP contribution in [-0.2, 0) is 4.79 Å². The first kappa shape index (κ1) is 15.1. The van der Waals surface area contributed by atoms with Crippen LogP contribution in [0.2, 0.25) is 0 Å². The Bertz CT molecular complexity index is 332. The molecule has 2 fully saturated rings. The molecule has 2 saturated heterocycles. The molecule has 0 unspecified atom stereocenters. The van der Waals surface area contributed by atoms with E-state index in [1.807, 2.05) is 9.80 Å². The molecule has 0 atom stereocenters. The lowest BCUT2D eigenvalue weighted by Gasteiger charge is -2.30. The molecule has 0 spiro atoms. The van der Waals surface area contributed by atoms with Crippen LogP contribution in [-0.4, -0.2) is 54.5 Å². The molecule has 0 aromatic rings. The number of nitrogens with zero attached hydrogens (tertiary/aromatic N) is 2. The maximum atomic E-state index is 12.0.